The van der Waals surface area contributed by atoms with Crippen LogP contribution in [0, 0.1) is 11.3 Å². The fraction of sp³-hybridized carbons (Fsp3) is 0.714. The molecule has 0 saturated carbocycles. The van der Waals surface area contributed by atoms with Crippen molar-refractivity contribution in [2.45, 2.75) is 41.0 Å². The molecular weight excluding hydrogens is 226 g/mol. The van der Waals surface area contributed by atoms with Crippen LogP contribution in [-0.2, 0) is 0 Å². The Hall–Kier alpha value is -1.32. The summed E-state index contributed by atoms with van der Waals surface area (Å²) in [4.78, 5) is 8.28. The van der Waals surface area contributed by atoms with Crippen LogP contribution >= 0.6 is 0 Å². The van der Waals surface area contributed by atoms with Crippen molar-refractivity contribution in [2.75, 3.05) is 18.5 Å². The van der Waals surface area contributed by atoms with E-state index in [1.54, 1.807) is 0 Å². The molecule has 4 heteroatoms. The fourth-order valence-electron chi connectivity index (χ4n) is 1.29. The lowest BCUT2D eigenvalue weighted by Crippen LogP contribution is -2.25. The van der Waals surface area contributed by atoms with E-state index in [1.807, 2.05) is 6.07 Å². The number of ether oxygens (including phenoxy) is 1. The zero-order valence-corrected chi connectivity index (χ0v) is 12.2. The van der Waals surface area contributed by atoms with Gasteiger partial charge in [0.05, 0.1) is 6.61 Å². The van der Waals surface area contributed by atoms with Gasteiger partial charge in [0, 0.05) is 12.6 Å². The summed E-state index contributed by atoms with van der Waals surface area (Å²) in [5, 5.41) is 3.34. The Morgan fingerprint density at radius 1 is 1.33 bits per heavy atom. The molecule has 0 aliphatic heterocycles. The highest BCUT2D eigenvalue weighted by atomic mass is 16.5. The zero-order valence-electron chi connectivity index (χ0n) is 12.2. The van der Waals surface area contributed by atoms with Gasteiger partial charge in [-0.1, -0.05) is 34.6 Å². The molecule has 0 saturated heterocycles. The molecule has 4 nitrogen and oxygen atoms in total. The molecule has 1 aromatic rings. The van der Waals surface area contributed by atoms with E-state index in [2.05, 4.69) is 49.9 Å². The third kappa shape index (κ3) is 4.90. The van der Waals surface area contributed by atoms with Gasteiger partial charge in [0.25, 0.3) is 0 Å². The number of hydrogen-bond donors (Lipinski definition) is 1. The molecule has 18 heavy (non-hydrogen) atoms. The van der Waals surface area contributed by atoms with Crippen molar-refractivity contribution in [3.05, 3.63) is 12.4 Å². The first-order valence-corrected chi connectivity index (χ1v) is 6.62. The van der Waals surface area contributed by atoms with Gasteiger partial charge in [0.1, 0.15) is 12.1 Å². The number of aromatic nitrogens is 2. The zero-order chi connectivity index (χ0) is 13.6. The summed E-state index contributed by atoms with van der Waals surface area (Å²) in [5.41, 5.74) is 0.293. The van der Waals surface area contributed by atoms with Gasteiger partial charge in [0.15, 0.2) is 0 Å². The van der Waals surface area contributed by atoms with E-state index in [4.69, 9.17) is 4.74 Å². The summed E-state index contributed by atoms with van der Waals surface area (Å²) in [6.07, 6.45) is 2.52. The van der Waals surface area contributed by atoms with Crippen molar-refractivity contribution in [1.29, 1.82) is 0 Å². The monoisotopic (exact) mass is 251 g/mol. The van der Waals surface area contributed by atoms with Gasteiger partial charge in [-0.15, -0.1) is 0 Å². The molecule has 1 aromatic heterocycles. The van der Waals surface area contributed by atoms with Crippen LogP contribution < -0.4 is 10.1 Å². The van der Waals surface area contributed by atoms with Crippen molar-refractivity contribution in [3.63, 3.8) is 0 Å². The Morgan fingerprint density at radius 3 is 2.67 bits per heavy atom. The fourth-order valence-corrected chi connectivity index (χ4v) is 1.29. The van der Waals surface area contributed by atoms with Gasteiger partial charge in [-0.05, 0) is 17.8 Å². The lowest BCUT2D eigenvalue weighted by Gasteiger charge is -2.27. The molecule has 1 heterocycles. The maximum Gasteiger partial charge on any atom is 0.218 e. The van der Waals surface area contributed by atoms with Crippen LogP contribution in [0.1, 0.15) is 41.0 Å². The Morgan fingerprint density at radius 2 is 2.06 bits per heavy atom. The minimum atomic E-state index is 0.293. The van der Waals surface area contributed by atoms with Crippen molar-refractivity contribution in [3.8, 4) is 5.88 Å². The molecule has 1 unspecified atom stereocenters. The van der Waals surface area contributed by atoms with Crippen LogP contribution in [0.15, 0.2) is 12.4 Å². The van der Waals surface area contributed by atoms with Gasteiger partial charge in [0.2, 0.25) is 5.88 Å². The first kappa shape index (κ1) is 14.7. The molecule has 102 valence electrons. The van der Waals surface area contributed by atoms with Crippen LogP contribution in [0.4, 0.5) is 5.82 Å². The molecule has 0 fully saturated rings. The molecule has 1 rings (SSSR count). The highest BCUT2D eigenvalue weighted by Gasteiger charge is 2.19. The molecule has 0 bridgehead atoms. The number of hydrogen-bond acceptors (Lipinski definition) is 4. The molecule has 0 aliphatic carbocycles. The average molecular weight is 251 g/mol. The van der Waals surface area contributed by atoms with E-state index >= 15 is 0 Å². The topological polar surface area (TPSA) is 47.0 Å². The number of nitrogens with zero attached hydrogens (tertiary/aromatic N) is 2. The third-order valence-corrected chi connectivity index (χ3v) is 3.16. The summed E-state index contributed by atoms with van der Waals surface area (Å²) < 4.78 is 5.48. The first-order valence-electron chi connectivity index (χ1n) is 6.62. The minimum Gasteiger partial charge on any atom is -0.478 e. The second kappa shape index (κ2) is 6.57. The Kier molecular flexibility index (Phi) is 5.38. The van der Waals surface area contributed by atoms with Gasteiger partial charge >= 0.3 is 0 Å². The highest BCUT2D eigenvalue weighted by Crippen LogP contribution is 2.25. The maximum absolute atomic E-state index is 5.48. The van der Waals surface area contributed by atoms with E-state index < -0.39 is 0 Å². The molecule has 1 N–H and O–H groups in total. The molecule has 0 aliphatic rings. The van der Waals surface area contributed by atoms with Gasteiger partial charge in [-0.3, -0.25) is 0 Å². The van der Waals surface area contributed by atoms with Gasteiger partial charge in [-0.2, -0.15) is 0 Å². The molecule has 0 aromatic carbocycles. The molecule has 0 spiro atoms. The van der Waals surface area contributed by atoms with Gasteiger partial charge in [-0.25, -0.2) is 9.97 Å². The third-order valence-electron chi connectivity index (χ3n) is 3.16. The Bertz CT molecular complexity index is 360. The van der Waals surface area contributed by atoms with E-state index in [-0.39, 0.29) is 0 Å². The van der Waals surface area contributed by atoms with E-state index in [1.165, 1.54) is 6.33 Å². The second-order valence-electron chi connectivity index (χ2n) is 5.74. The maximum atomic E-state index is 5.48. The predicted molar refractivity (Wildman–Crippen MR) is 74.9 cm³/mol. The van der Waals surface area contributed by atoms with Crippen LogP contribution in [0.3, 0.4) is 0 Å². The normalized spacial score (nSPS) is 13.2. The average Bonchev–Trinajstić information content (AvgIpc) is 2.32. The predicted octanol–water partition coefficient (Wildman–Crippen LogP) is 3.36. The SMILES string of the molecule is CCCOc1cc(NCC(C)C(C)(C)C)ncn1. The van der Waals surface area contributed by atoms with Crippen molar-refractivity contribution in [2.24, 2.45) is 11.3 Å². The van der Waals surface area contributed by atoms with Crippen molar-refractivity contribution in [1.82, 2.24) is 9.97 Å². The van der Waals surface area contributed by atoms with Crippen LogP contribution in [-0.4, -0.2) is 23.1 Å². The summed E-state index contributed by atoms with van der Waals surface area (Å²) in [7, 11) is 0. The van der Waals surface area contributed by atoms with Crippen LogP contribution in [0.5, 0.6) is 5.88 Å². The van der Waals surface area contributed by atoms with Crippen molar-refractivity contribution >= 4 is 5.82 Å². The standard InChI is InChI=1S/C14H25N3O/c1-6-7-18-13-8-12(16-10-17-13)15-9-11(2)14(3,4)5/h8,10-11H,6-7,9H2,1-5H3,(H,15,16,17). The molecular formula is C14H25N3O. The number of nitrogens with one attached hydrogen (secondary N) is 1. The van der Waals surface area contributed by atoms with Gasteiger partial charge < -0.3 is 10.1 Å². The summed E-state index contributed by atoms with van der Waals surface area (Å²) in [5.74, 6) is 2.03. The van der Waals surface area contributed by atoms with Crippen LogP contribution in [0.2, 0.25) is 0 Å². The lowest BCUT2D eigenvalue weighted by atomic mass is 9.82. The first-order chi connectivity index (χ1) is 8.43. The molecule has 0 radical (unpaired) electrons. The largest absolute Gasteiger partial charge is 0.478 e. The molecule has 0 amide bonds. The summed E-state index contributed by atoms with van der Waals surface area (Å²) >= 11 is 0. The Labute approximate surface area is 110 Å². The van der Waals surface area contributed by atoms with Crippen LogP contribution in [0.25, 0.3) is 0 Å². The number of rotatable bonds is 6. The molecule has 1 atom stereocenters. The highest BCUT2D eigenvalue weighted by molar-refractivity contribution is 5.37. The van der Waals surface area contributed by atoms with Crippen molar-refractivity contribution < 1.29 is 4.74 Å². The lowest BCUT2D eigenvalue weighted by molar-refractivity contribution is 0.274. The van der Waals surface area contributed by atoms with E-state index in [9.17, 15) is 0 Å². The second-order valence-corrected chi connectivity index (χ2v) is 5.74. The summed E-state index contributed by atoms with van der Waals surface area (Å²) in [6.45, 7) is 12.6. The quantitative estimate of drug-likeness (QED) is 0.842. The number of anilines is 1. The minimum absolute atomic E-state index is 0.293. The Balaban J connectivity index is 2.52. The van der Waals surface area contributed by atoms with E-state index in [0.29, 0.717) is 23.8 Å². The summed E-state index contributed by atoms with van der Waals surface area (Å²) in [6, 6.07) is 1.85. The van der Waals surface area contributed by atoms with E-state index in [0.717, 1.165) is 18.8 Å². The smallest absolute Gasteiger partial charge is 0.218 e.